The Morgan fingerprint density at radius 2 is 1.86 bits per heavy atom. The summed E-state index contributed by atoms with van der Waals surface area (Å²) in [5.74, 6) is 1.33. The van der Waals surface area contributed by atoms with E-state index in [1.807, 2.05) is 0 Å². The van der Waals surface area contributed by atoms with Crippen molar-refractivity contribution in [1.82, 2.24) is 5.32 Å². The van der Waals surface area contributed by atoms with Crippen molar-refractivity contribution in [3.05, 3.63) is 0 Å². The van der Waals surface area contributed by atoms with Gasteiger partial charge in [0.2, 0.25) is 0 Å². The molecule has 0 aromatic carbocycles. The molecule has 0 aliphatic carbocycles. The van der Waals surface area contributed by atoms with Gasteiger partial charge in [0.1, 0.15) is 0 Å². The molecule has 0 radical (unpaired) electrons. The van der Waals surface area contributed by atoms with Crippen LogP contribution in [-0.2, 0) is 0 Å². The Bertz CT molecular complexity index is 117. The summed E-state index contributed by atoms with van der Waals surface area (Å²) in [6, 6.07) is 0.748. The van der Waals surface area contributed by atoms with E-state index in [1.165, 1.54) is 31.4 Å². The summed E-state index contributed by atoms with van der Waals surface area (Å²) in [6.07, 6.45) is 5.27. The van der Waals surface area contributed by atoms with Crippen LogP contribution in [0.5, 0.6) is 0 Å². The lowest BCUT2D eigenvalue weighted by atomic mass is 10.1. The van der Waals surface area contributed by atoms with Gasteiger partial charge in [-0.3, -0.25) is 0 Å². The summed E-state index contributed by atoms with van der Waals surface area (Å²) in [6.45, 7) is 10.2. The third-order valence-corrected chi connectivity index (χ3v) is 4.09. The normalized spacial score (nSPS) is 15.4. The predicted octanol–water partition coefficient (Wildman–Crippen LogP) is 3.69. The zero-order valence-corrected chi connectivity index (χ0v) is 11.1. The minimum Gasteiger partial charge on any atom is -0.314 e. The molecule has 0 bridgehead atoms. The summed E-state index contributed by atoms with van der Waals surface area (Å²) in [7, 11) is 0. The lowest BCUT2D eigenvalue weighted by Gasteiger charge is -2.15. The Balaban J connectivity index is 3.32. The van der Waals surface area contributed by atoms with Gasteiger partial charge < -0.3 is 5.32 Å². The smallest absolute Gasteiger partial charge is 0.00646 e. The van der Waals surface area contributed by atoms with Gasteiger partial charge in [-0.2, -0.15) is 11.8 Å². The van der Waals surface area contributed by atoms with Crippen LogP contribution in [-0.4, -0.2) is 23.6 Å². The van der Waals surface area contributed by atoms with Crippen LogP contribution in [0, 0.1) is 0 Å². The fourth-order valence-electron chi connectivity index (χ4n) is 1.47. The Kier molecular flexibility index (Phi) is 10.1. The SMILES string of the molecule is CCNC(CC)CCCSC(C)CC. The lowest BCUT2D eigenvalue weighted by Crippen LogP contribution is -2.28. The summed E-state index contributed by atoms with van der Waals surface area (Å²) >= 11 is 2.12. The molecule has 2 heteroatoms. The standard InChI is InChI=1S/C12H27NS/c1-5-11(4)14-10-8-9-12(6-2)13-7-3/h11-13H,5-10H2,1-4H3. The first-order chi connectivity index (χ1) is 6.74. The van der Waals surface area contributed by atoms with Crippen molar-refractivity contribution in [2.24, 2.45) is 0 Å². The van der Waals surface area contributed by atoms with Gasteiger partial charge in [-0.25, -0.2) is 0 Å². The molecule has 0 spiro atoms. The maximum atomic E-state index is 3.53. The molecule has 2 unspecified atom stereocenters. The molecule has 0 saturated carbocycles. The highest BCUT2D eigenvalue weighted by atomic mass is 32.2. The van der Waals surface area contributed by atoms with E-state index >= 15 is 0 Å². The Morgan fingerprint density at radius 1 is 1.14 bits per heavy atom. The average Bonchev–Trinajstić information content (AvgIpc) is 2.22. The first kappa shape index (κ1) is 14.3. The van der Waals surface area contributed by atoms with Gasteiger partial charge in [-0.15, -0.1) is 0 Å². The second kappa shape index (κ2) is 9.85. The van der Waals surface area contributed by atoms with E-state index in [2.05, 4.69) is 44.8 Å². The molecule has 0 aliphatic heterocycles. The molecule has 0 heterocycles. The molecule has 0 saturated heterocycles. The summed E-state index contributed by atoms with van der Waals surface area (Å²) in [5.41, 5.74) is 0. The summed E-state index contributed by atoms with van der Waals surface area (Å²) in [4.78, 5) is 0. The highest BCUT2D eigenvalue weighted by Gasteiger charge is 2.04. The van der Waals surface area contributed by atoms with Gasteiger partial charge in [0, 0.05) is 11.3 Å². The molecule has 0 aromatic heterocycles. The second-order valence-corrected chi connectivity index (χ2v) is 5.44. The van der Waals surface area contributed by atoms with Crippen LogP contribution in [0.2, 0.25) is 0 Å². The highest BCUT2D eigenvalue weighted by Crippen LogP contribution is 2.16. The fourth-order valence-corrected chi connectivity index (χ4v) is 2.44. The Hall–Kier alpha value is 0.310. The third kappa shape index (κ3) is 7.69. The molecule has 0 amide bonds. The van der Waals surface area contributed by atoms with Gasteiger partial charge >= 0.3 is 0 Å². The largest absolute Gasteiger partial charge is 0.314 e. The van der Waals surface area contributed by atoms with E-state index in [-0.39, 0.29) is 0 Å². The van der Waals surface area contributed by atoms with Gasteiger partial charge in [0.25, 0.3) is 0 Å². The maximum absolute atomic E-state index is 3.53. The predicted molar refractivity (Wildman–Crippen MR) is 69.2 cm³/mol. The summed E-state index contributed by atoms with van der Waals surface area (Å²) < 4.78 is 0. The quantitative estimate of drug-likeness (QED) is 0.591. The van der Waals surface area contributed by atoms with Crippen LogP contribution in [0.25, 0.3) is 0 Å². The second-order valence-electron chi connectivity index (χ2n) is 3.89. The van der Waals surface area contributed by atoms with E-state index in [0.29, 0.717) is 0 Å². The first-order valence-electron chi connectivity index (χ1n) is 6.09. The van der Waals surface area contributed by atoms with Crippen molar-refractivity contribution in [3.8, 4) is 0 Å². The first-order valence-corrected chi connectivity index (χ1v) is 7.14. The fraction of sp³-hybridized carbons (Fsp3) is 1.00. The van der Waals surface area contributed by atoms with Crippen molar-refractivity contribution in [2.45, 2.75) is 64.7 Å². The van der Waals surface area contributed by atoms with E-state index < -0.39 is 0 Å². The van der Waals surface area contributed by atoms with Gasteiger partial charge in [-0.05, 0) is 38.0 Å². The topological polar surface area (TPSA) is 12.0 Å². The lowest BCUT2D eigenvalue weighted by molar-refractivity contribution is 0.477. The van der Waals surface area contributed by atoms with Crippen molar-refractivity contribution in [3.63, 3.8) is 0 Å². The van der Waals surface area contributed by atoms with E-state index in [0.717, 1.165) is 17.8 Å². The molecule has 2 atom stereocenters. The summed E-state index contributed by atoms with van der Waals surface area (Å²) in [5, 5.41) is 4.37. The number of thioether (sulfide) groups is 1. The van der Waals surface area contributed by atoms with Crippen LogP contribution < -0.4 is 5.32 Å². The van der Waals surface area contributed by atoms with E-state index in [1.54, 1.807) is 0 Å². The zero-order valence-electron chi connectivity index (χ0n) is 10.3. The monoisotopic (exact) mass is 217 g/mol. The third-order valence-electron chi connectivity index (χ3n) is 2.66. The van der Waals surface area contributed by atoms with Gasteiger partial charge in [-0.1, -0.05) is 27.7 Å². The molecular formula is C12H27NS. The van der Waals surface area contributed by atoms with Gasteiger partial charge in [0.15, 0.2) is 0 Å². The van der Waals surface area contributed by atoms with E-state index in [9.17, 15) is 0 Å². The highest BCUT2D eigenvalue weighted by molar-refractivity contribution is 7.99. The van der Waals surface area contributed by atoms with Crippen molar-refractivity contribution < 1.29 is 0 Å². The molecule has 1 N–H and O–H groups in total. The minimum absolute atomic E-state index is 0.748. The van der Waals surface area contributed by atoms with Crippen molar-refractivity contribution in [1.29, 1.82) is 0 Å². The number of hydrogen-bond donors (Lipinski definition) is 1. The van der Waals surface area contributed by atoms with Crippen LogP contribution in [0.4, 0.5) is 0 Å². The minimum atomic E-state index is 0.748. The zero-order chi connectivity index (χ0) is 10.8. The molecule has 0 fully saturated rings. The molecule has 1 nitrogen and oxygen atoms in total. The van der Waals surface area contributed by atoms with Gasteiger partial charge in [0.05, 0.1) is 0 Å². The molecule has 0 aliphatic rings. The number of nitrogens with one attached hydrogen (secondary N) is 1. The molecular weight excluding hydrogens is 190 g/mol. The molecule has 86 valence electrons. The number of rotatable bonds is 9. The Morgan fingerprint density at radius 3 is 2.36 bits per heavy atom. The van der Waals surface area contributed by atoms with Crippen molar-refractivity contribution in [2.75, 3.05) is 12.3 Å². The maximum Gasteiger partial charge on any atom is 0.00646 e. The van der Waals surface area contributed by atoms with Crippen molar-refractivity contribution >= 4 is 11.8 Å². The average molecular weight is 217 g/mol. The molecule has 14 heavy (non-hydrogen) atoms. The van der Waals surface area contributed by atoms with Crippen LogP contribution >= 0.6 is 11.8 Å². The Labute approximate surface area is 94.4 Å². The number of hydrogen-bond acceptors (Lipinski definition) is 2. The molecule has 0 rings (SSSR count). The van der Waals surface area contributed by atoms with Crippen LogP contribution in [0.15, 0.2) is 0 Å². The molecule has 0 aromatic rings. The van der Waals surface area contributed by atoms with Crippen LogP contribution in [0.1, 0.15) is 53.4 Å². The van der Waals surface area contributed by atoms with Crippen LogP contribution in [0.3, 0.4) is 0 Å². The van der Waals surface area contributed by atoms with E-state index in [4.69, 9.17) is 0 Å².